The third-order valence-electron chi connectivity index (χ3n) is 11.4. The molecule has 0 bridgehead atoms. The maximum Gasteiger partial charge on any atom is 0.0541 e. The zero-order valence-corrected chi connectivity index (χ0v) is 30.7. The van der Waals surface area contributed by atoms with Crippen molar-refractivity contribution in [3.63, 3.8) is 0 Å². The Hall–Kier alpha value is -7.42. The smallest absolute Gasteiger partial charge is 0.0541 e. The van der Waals surface area contributed by atoms with E-state index in [1.54, 1.807) is 0 Å². The van der Waals surface area contributed by atoms with Crippen molar-refractivity contribution in [1.82, 2.24) is 9.13 Å². The molecule has 0 fully saturated rings. The minimum Gasteiger partial charge on any atom is -0.309 e. The molecule has 0 unspecified atom stereocenters. The second-order valence-electron chi connectivity index (χ2n) is 14.5. The summed E-state index contributed by atoms with van der Waals surface area (Å²) < 4.78 is 4.77. The van der Waals surface area contributed by atoms with E-state index in [9.17, 15) is 0 Å². The van der Waals surface area contributed by atoms with Crippen molar-refractivity contribution >= 4 is 43.6 Å². The van der Waals surface area contributed by atoms with Gasteiger partial charge in [0.25, 0.3) is 0 Å². The van der Waals surface area contributed by atoms with E-state index in [4.69, 9.17) is 0 Å². The molecule has 56 heavy (non-hydrogen) atoms. The highest BCUT2D eigenvalue weighted by Gasteiger charge is 2.18. The molecule has 0 N–H and O–H groups in total. The Morgan fingerprint density at radius 1 is 0.214 bits per heavy atom. The second-order valence-corrected chi connectivity index (χ2v) is 14.5. The van der Waals surface area contributed by atoms with Crippen LogP contribution in [0.3, 0.4) is 0 Å². The molecule has 0 saturated heterocycles. The number of aromatic nitrogens is 2. The van der Waals surface area contributed by atoms with Crippen LogP contribution in [0.1, 0.15) is 0 Å². The first-order chi connectivity index (χ1) is 27.8. The molecular formula is C54H36N2. The van der Waals surface area contributed by atoms with Gasteiger partial charge in [-0.25, -0.2) is 0 Å². The average molecular weight is 713 g/mol. The molecule has 0 saturated carbocycles. The minimum atomic E-state index is 1.15. The van der Waals surface area contributed by atoms with Crippen LogP contribution in [0, 0.1) is 0 Å². The molecule has 0 radical (unpaired) electrons. The van der Waals surface area contributed by atoms with Gasteiger partial charge in [-0.2, -0.15) is 0 Å². The van der Waals surface area contributed by atoms with E-state index in [1.807, 2.05) is 0 Å². The van der Waals surface area contributed by atoms with Gasteiger partial charge in [-0.05, 0) is 105 Å². The van der Waals surface area contributed by atoms with Crippen LogP contribution in [0.4, 0.5) is 0 Å². The van der Waals surface area contributed by atoms with Gasteiger partial charge in [0.2, 0.25) is 0 Å². The molecule has 2 heteroatoms. The molecular weight excluding hydrogens is 677 g/mol. The van der Waals surface area contributed by atoms with Gasteiger partial charge in [-0.3, -0.25) is 0 Å². The lowest BCUT2D eigenvalue weighted by Gasteiger charge is -2.19. The highest BCUT2D eigenvalue weighted by molar-refractivity contribution is 6.10. The Bertz CT molecular complexity index is 2880. The summed E-state index contributed by atoms with van der Waals surface area (Å²) in [5, 5.41) is 5.07. The molecule has 2 heterocycles. The molecule has 262 valence electrons. The van der Waals surface area contributed by atoms with E-state index in [0.717, 1.165) is 11.4 Å². The van der Waals surface area contributed by atoms with Crippen LogP contribution in [-0.4, -0.2) is 9.13 Å². The van der Waals surface area contributed by atoms with Crippen molar-refractivity contribution in [1.29, 1.82) is 0 Å². The van der Waals surface area contributed by atoms with E-state index < -0.39 is 0 Å². The summed E-state index contributed by atoms with van der Waals surface area (Å²) in [6.07, 6.45) is 0. The third-order valence-corrected chi connectivity index (χ3v) is 11.4. The van der Waals surface area contributed by atoms with Crippen molar-refractivity contribution in [3.05, 3.63) is 218 Å². The highest BCUT2D eigenvalue weighted by Crippen LogP contribution is 2.43. The first-order valence-electron chi connectivity index (χ1n) is 19.3. The Balaban J connectivity index is 1.08. The summed E-state index contributed by atoms with van der Waals surface area (Å²) in [6.45, 7) is 0. The molecule has 0 aliphatic rings. The maximum absolute atomic E-state index is 2.41. The standard InChI is InChI=1S/C54H36N2/c1-3-15-37(16-4-1)47-35-50(40-29-33-42(34-30-40)56-53-25-13-9-21-45(53)46-22-10-14-26-54(46)56)48(38-17-5-2-6-18-38)36-49(47)39-27-31-41(32-28-39)55-51-23-11-7-19-43(51)44-20-8-12-24-52(44)55/h1-36H. The number of hydrogen-bond acceptors (Lipinski definition) is 0. The van der Waals surface area contributed by atoms with Gasteiger partial charge in [0.05, 0.1) is 22.1 Å². The molecule has 11 aromatic rings. The lowest BCUT2D eigenvalue weighted by molar-refractivity contribution is 1.18. The van der Waals surface area contributed by atoms with Crippen LogP contribution in [0.5, 0.6) is 0 Å². The summed E-state index contributed by atoms with van der Waals surface area (Å²) in [6, 6.07) is 79.4. The van der Waals surface area contributed by atoms with Gasteiger partial charge in [0.1, 0.15) is 0 Å². The average Bonchev–Trinajstić information content (AvgIpc) is 3.80. The van der Waals surface area contributed by atoms with Crippen LogP contribution >= 0.6 is 0 Å². The Labute approximate surface area is 325 Å². The quantitative estimate of drug-likeness (QED) is 0.162. The van der Waals surface area contributed by atoms with Gasteiger partial charge in [-0.1, -0.05) is 158 Å². The SMILES string of the molecule is c1ccc(-c2cc(-c3ccc(-n4c5ccccc5c5ccccc54)cc3)c(-c3ccccc3)cc2-c2ccc(-n3c4ccccc4c4ccccc43)cc2)cc1. The second kappa shape index (κ2) is 13.2. The van der Waals surface area contributed by atoms with Crippen molar-refractivity contribution < 1.29 is 0 Å². The molecule has 0 aliphatic heterocycles. The lowest BCUT2D eigenvalue weighted by Crippen LogP contribution is -1.96. The maximum atomic E-state index is 2.41. The van der Waals surface area contributed by atoms with E-state index in [-0.39, 0.29) is 0 Å². The molecule has 0 aliphatic carbocycles. The van der Waals surface area contributed by atoms with Crippen LogP contribution in [0.2, 0.25) is 0 Å². The summed E-state index contributed by atoms with van der Waals surface area (Å²) in [5.41, 5.74) is 16.7. The number of nitrogens with zero attached hydrogens (tertiary/aromatic N) is 2. The van der Waals surface area contributed by atoms with Gasteiger partial charge in [0, 0.05) is 32.9 Å². The predicted molar refractivity (Wildman–Crippen MR) is 237 cm³/mol. The number of para-hydroxylation sites is 4. The molecule has 0 spiro atoms. The van der Waals surface area contributed by atoms with Crippen LogP contribution in [0.15, 0.2) is 218 Å². The topological polar surface area (TPSA) is 9.86 Å². The van der Waals surface area contributed by atoms with Crippen molar-refractivity contribution in [2.45, 2.75) is 0 Å². The monoisotopic (exact) mass is 712 g/mol. The number of hydrogen-bond donors (Lipinski definition) is 0. The fourth-order valence-corrected chi connectivity index (χ4v) is 8.77. The van der Waals surface area contributed by atoms with E-state index in [1.165, 1.54) is 88.1 Å². The summed E-state index contributed by atoms with van der Waals surface area (Å²) in [4.78, 5) is 0. The van der Waals surface area contributed by atoms with Crippen LogP contribution in [-0.2, 0) is 0 Å². The number of benzene rings is 9. The first kappa shape index (κ1) is 32.0. The molecule has 9 aromatic carbocycles. The summed E-state index contributed by atoms with van der Waals surface area (Å²) in [5.74, 6) is 0. The fourth-order valence-electron chi connectivity index (χ4n) is 8.77. The molecule has 2 nitrogen and oxygen atoms in total. The van der Waals surface area contributed by atoms with Gasteiger partial charge >= 0.3 is 0 Å². The zero-order chi connectivity index (χ0) is 37.0. The molecule has 2 aromatic heterocycles. The minimum absolute atomic E-state index is 1.15. The molecule has 11 rings (SSSR count). The lowest BCUT2D eigenvalue weighted by atomic mass is 9.85. The number of rotatable bonds is 6. The largest absolute Gasteiger partial charge is 0.309 e. The van der Waals surface area contributed by atoms with Gasteiger partial charge in [-0.15, -0.1) is 0 Å². The van der Waals surface area contributed by atoms with Crippen molar-refractivity contribution in [2.24, 2.45) is 0 Å². The Kier molecular flexibility index (Phi) is 7.53. The molecule has 0 amide bonds. The summed E-state index contributed by atoms with van der Waals surface area (Å²) >= 11 is 0. The predicted octanol–water partition coefficient (Wildman–Crippen LogP) is 14.5. The Morgan fingerprint density at radius 3 is 0.768 bits per heavy atom. The van der Waals surface area contributed by atoms with E-state index in [2.05, 4.69) is 228 Å². The van der Waals surface area contributed by atoms with Gasteiger partial charge < -0.3 is 9.13 Å². The first-order valence-corrected chi connectivity index (χ1v) is 19.3. The summed E-state index contributed by atoms with van der Waals surface area (Å²) in [7, 11) is 0. The van der Waals surface area contributed by atoms with Gasteiger partial charge in [0.15, 0.2) is 0 Å². The fraction of sp³-hybridized carbons (Fsp3) is 0. The normalized spacial score (nSPS) is 11.6. The molecule has 0 atom stereocenters. The van der Waals surface area contributed by atoms with E-state index >= 15 is 0 Å². The third kappa shape index (κ3) is 5.19. The van der Waals surface area contributed by atoms with Crippen molar-refractivity contribution in [3.8, 4) is 55.9 Å². The number of fused-ring (bicyclic) bond motifs is 6. The zero-order valence-electron chi connectivity index (χ0n) is 30.7. The van der Waals surface area contributed by atoms with Crippen molar-refractivity contribution in [2.75, 3.05) is 0 Å². The van der Waals surface area contributed by atoms with Crippen LogP contribution < -0.4 is 0 Å². The van der Waals surface area contributed by atoms with Crippen LogP contribution in [0.25, 0.3) is 99.5 Å². The highest BCUT2D eigenvalue weighted by atomic mass is 15.0. The Morgan fingerprint density at radius 2 is 0.464 bits per heavy atom. The van der Waals surface area contributed by atoms with E-state index in [0.29, 0.717) is 0 Å².